The van der Waals surface area contributed by atoms with E-state index in [1.54, 1.807) is 6.92 Å². The first kappa shape index (κ1) is 20.8. The maximum absolute atomic E-state index is 12.7. The molecule has 0 unspecified atom stereocenters. The quantitative estimate of drug-likeness (QED) is 0.516. The number of anilines is 2. The molecule has 0 saturated heterocycles. The zero-order valence-corrected chi connectivity index (χ0v) is 17.5. The lowest BCUT2D eigenvalue weighted by molar-refractivity contribution is -0.384. The molecule has 1 saturated carbocycles. The Morgan fingerprint density at radius 2 is 1.87 bits per heavy atom. The minimum atomic E-state index is -0.618. The van der Waals surface area contributed by atoms with E-state index in [0.29, 0.717) is 22.9 Å². The van der Waals surface area contributed by atoms with Crippen LogP contribution in [0.2, 0.25) is 0 Å². The number of hydrogen-bond donors (Lipinski definition) is 2. The minimum absolute atomic E-state index is 0.135. The monoisotopic (exact) mass is 427 g/mol. The Kier molecular flexibility index (Phi) is 5.58. The molecule has 0 radical (unpaired) electrons. The Morgan fingerprint density at radius 3 is 2.58 bits per heavy atom. The van der Waals surface area contributed by atoms with Crippen LogP contribution < -0.4 is 24.8 Å². The van der Waals surface area contributed by atoms with Crippen LogP contribution >= 0.6 is 0 Å². The van der Waals surface area contributed by atoms with Crippen molar-refractivity contribution in [2.45, 2.75) is 50.9 Å². The number of nitrogens with zero attached hydrogens (tertiary/aromatic N) is 1. The van der Waals surface area contributed by atoms with Gasteiger partial charge in [-0.3, -0.25) is 14.9 Å². The number of carbonyl (C=O) groups is 1. The van der Waals surface area contributed by atoms with Crippen LogP contribution in [0.1, 0.15) is 39.0 Å². The molecular formula is C22H25N3O6. The van der Waals surface area contributed by atoms with Crippen molar-refractivity contribution in [1.82, 2.24) is 0 Å². The summed E-state index contributed by atoms with van der Waals surface area (Å²) in [6.07, 6.45) is 5.09. The highest BCUT2D eigenvalue weighted by Gasteiger charge is 2.42. The lowest BCUT2D eigenvalue weighted by Gasteiger charge is -2.31. The van der Waals surface area contributed by atoms with Crippen LogP contribution in [0.15, 0.2) is 36.4 Å². The molecule has 1 heterocycles. The summed E-state index contributed by atoms with van der Waals surface area (Å²) in [7, 11) is 1.43. The van der Waals surface area contributed by atoms with E-state index in [0.717, 1.165) is 25.7 Å². The predicted octanol–water partition coefficient (Wildman–Crippen LogP) is 4.47. The van der Waals surface area contributed by atoms with E-state index >= 15 is 0 Å². The standard InChI is InChI=1S/C22H25N3O6/c1-14(21(26)24-17-13-16(25(27)28)7-9-18(17)29-2)23-15-6-8-19-20(12-15)31-22(30-19)10-4-3-5-11-22/h6-9,12-14,23H,3-5,10-11H2,1-2H3,(H,24,26)/t14-/m1/s1. The normalized spacial score (nSPS) is 17.1. The fourth-order valence-electron chi connectivity index (χ4n) is 3.94. The number of benzene rings is 2. The SMILES string of the molecule is COc1ccc([N+](=O)[O-])cc1NC(=O)[C@@H](C)Nc1ccc2c(c1)OC1(CCCCC1)O2. The molecule has 9 nitrogen and oxygen atoms in total. The molecule has 0 bridgehead atoms. The summed E-state index contributed by atoms with van der Waals surface area (Å²) in [6, 6.07) is 8.93. The van der Waals surface area contributed by atoms with Gasteiger partial charge in [-0.2, -0.15) is 0 Å². The molecule has 1 fully saturated rings. The topological polar surface area (TPSA) is 112 Å². The number of fused-ring (bicyclic) bond motifs is 1. The molecule has 2 N–H and O–H groups in total. The summed E-state index contributed by atoms with van der Waals surface area (Å²) in [6.45, 7) is 1.70. The van der Waals surface area contributed by atoms with Crippen molar-refractivity contribution in [3.05, 3.63) is 46.5 Å². The molecule has 2 aromatic carbocycles. The van der Waals surface area contributed by atoms with Gasteiger partial charge in [0.1, 0.15) is 11.8 Å². The highest BCUT2D eigenvalue weighted by molar-refractivity contribution is 5.97. The van der Waals surface area contributed by atoms with Crippen LogP contribution in [0.3, 0.4) is 0 Å². The fraction of sp³-hybridized carbons (Fsp3) is 0.409. The number of carbonyl (C=O) groups excluding carboxylic acids is 1. The van der Waals surface area contributed by atoms with E-state index in [-0.39, 0.29) is 17.3 Å². The van der Waals surface area contributed by atoms with Gasteiger partial charge in [0, 0.05) is 36.7 Å². The van der Waals surface area contributed by atoms with Crippen molar-refractivity contribution in [3.63, 3.8) is 0 Å². The molecule has 9 heteroatoms. The second-order valence-electron chi connectivity index (χ2n) is 7.83. The van der Waals surface area contributed by atoms with Gasteiger partial charge in [0.2, 0.25) is 5.91 Å². The summed E-state index contributed by atoms with van der Waals surface area (Å²) in [4.78, 5) is 23.2. The van der Waals surface area contributed by atoms with Gasteiger partial charge in [0.05, 0.1) is 17.7 Å². The lowest BCUT2D eigenvalue weighted by Crippen LogP contribution is -2.40. The zero-order valence-electron chi connectivity index (χ0n) is 17.5. The number of nitro benzene ring substituents is 1. The van der Waals surface area contributed by atoms with Crippen molar-refractivity contribution in [2.75, 3.05) is 17.7 Å². The van der Waals surface area contributed by atoms with E-state index in [9.17, 15) is 14.9 Å². The maximum atomic E-state index is 12.7. The molecular weight excluding hydrogens is 402 g/mol. The Labute approximate surface area is 179 Å². The number of nitrogens with one attached hydrogen (secondary N) is 2. The molecule has 1 spiro atoms. The van der Waals surface area contributed by atoms with Gasteiger partial charge in [-0.05, 0) is 38.0 Å². The fourth-order valence-corrected chi connectivity index (χ4v) is 3.94. The summed E-state index contributed by atoms with van der Waals surface area (Å²) in [5.41, 5.74) is 0.813. The number of rotatable bonds is 6. The molecule has 164 valence electrons. The Balaban J connectivity index is 1.43. The van der Waals surface area contributed by atoms with Crippen LogP contribution in [-0.4, -0.2) is 29.8 Å². The average molecular weight is 427 g/mol. The van der Waals surface area contributed by atoms with Crippen molar-refractivity contribution in [1.29, 1.82) is 0 Å². The van der Waals surface area contributed by atoms with Gasteiger partial charge in [0.25, 0.3) is 11.5 Å². The second-order valence-corrected chi connectivity index (χ2v) is 7.83. The van der Waals surface area contributed by atoms with E-state index in [2.05, 4.69) is 10.6 Å². The first-order chi connectivity index (χ1) is 14.9. The van der Waals surface area contributed by atoms with Crippen LogP contribution in [0, 0.1) is 10.1 Å². The van der Waals surface area contributed by atoms with Crippen molar-refractivity contribution >= 4 is 23.0 Å². The van der Waals surface area contributed by atoms with E-state index in [1.165, 1.54) is 31.7 Å². The Bertz CT molecular complexity index is 1000. The summed E-state index contributed by atoms with van der Waals surface area (Å²) in [5.74, 6) is 0.804. The third kappa shape index (κ3) is 4.35. The molecule has 4 rings (SSSR count). The molecule has 1 atom stereocenters. The average Bonchev–Trinajstić information content (AvgIpc) is 3.10. The zero-order chi connectivity index (χ0) is 22.0. The van der Waals surface area contributed by atoms with Gasteiger partial charge in [0.15, 0.2) is 11.5 Å². The molecule has 1 amide bonds. The molecule has 2 aliphatic rings. The van der Waals surface area contributed by atoms with Crippen LogP contribution in [0.5, 0.6) is 17.2 Å². The number of amides is 1. The first-order valence-electron chi connectivity index (χ1n) is 10.3. The largest absolute Gasteiger partial charge is 0.495 e. The molecule has 0 aromatic heterocycles. The highest BCUT2D eigenvalue weighted by Crippen LogP contribution is 2.46. The molecule has 31 heavy (non-hydrogen) atoms. The van der Waals surface area contributed by atoms with E-state index < -0.39 is 16.8 Å². The molecule has 2 aromatic rings. The van der Waals surface area contributed by atoms with Crippen LogP contribution in [-0.2, 0) is 4.79 Å². The highest BCUT2D eigenvalue weighted by atomic mass is 16.7. The third-order valence-corrected chi connectivity index (χ3v) is 5.58. The third-order valence-electron chi connectivity index (χ3n) is 5.58. The smallest absolute Gasteiger partial charge is 0.271 e. The summed E-state index contributed by atoms with van der Waals surface area (Å²) < 4.78 is 17.4. The van der Waals surface area contributed by atoms with Gasteiger partial charge in [-0.1, -0.05) is 6.42 Å². The maximum Gasteiger partial charge on any atom is 0.271 e. The number of methoxy groups -OCH3 is 1. The van der Waals surface area contributed by atoms with Crippen molar-refractivity contribution < 1.29 is 23.9 Å². The second kappa shape index (κ2) is 8.33. The van der Waals surface area contributed by atoms with Crippen molar-refractivity contribution in [2.24, 2.45) is 0 Å². The number of nitro groups is 1. The lowest BCUT2D eigenvalue weighted by atomic mass is 9.94. The van der Waals surface area contributed by atoms with Gasteiger partial charge in [-0.15, -0.1) is 0 Å². The number of non-ortho nitro benzene ring substituents is 1. The van der Waals surface area contributed by atoms with Gasteiger partial charge in [-0.25, -0.2) is 0 Å². The Morgan fingerprint density at radius 1 is 1.13 bits per heavy atom. The molecule has 1 aliphatic carbocycles. The van der Waals surface area contributed by atoms with Gasteiger partial charge >= 0.3 is 0 Å². The predicted molar refractivity (Wildman–Crippen MR) is 115 cm³/mol. The first-order valence-corrected chi connectivity index (χ1v) is 10.3. The number of ether oxygens (including phenoxy) is 3. The van der Waals surface area contributed by atoms with Gasteiger partial charge < -0.3 is 24.8 Å². The number of hydrogen-bond acceptors (Lipinski definition) is 7. The van der Waals surface area contributed by atoms with Crippen LogP contribution in [0.4, 0.5) is 17.1 Å². The van der Waals surface area contributed by atoms with Crippen molar-refractivity contribution in [3.8, 4) is 17.2 Å². The minimum Gasteiger partial charge on any atom is -0.495 e. The summed E-state index contributed by atoms with van der Waals surface area (Å²) in [5, 5.41) is 16.9. The van der Waals surface area contributed by atoms with E-state index in [4.69, 9.17) is 14.2 Å². The molecule has 1 aliphatic heterocycles. The van der Waals surface area contributed by atoms with E-state index in [1.807, 2.05) is 18.2 Å². The summed E-state index contributed by atoms with van der Waals surface area (Å²) >= 11 is 0. The van der Waals surface area contributed by atoms with Crippen LogP contribution in [0.25, 0.3) is 0 Å². The Hall–Kier alpha value is -3.49.